The zero-order valence-corrected chi connectivity index (χ0v) is 11.9. The highest BCUT2D eigenvalue weighted by molar-refractivity contribution is 5.73. The van der Waals surface area contributed by atoms with E-state index in [1.165, 1.54) is 0 Å². The fourth-order valence-electron chi connectivity index (χ4n) is 2.00. The Morgan fingerprint density at radius 2 is 2.11 bits per heavy atom. The van der Waals surface area contributed by atoms with Gasteiger partial charge in [0.1, 0.15) is 0 Å². The maximum absolute atomic E-state index is 11.6. The first-order valence-corrected chi connectivity index (χ1v) is 6.74. The van der Waals surface area contributed by atoms with Crippen LogP contribution in [0.4, 0.5) is 4.79 Å². The topological polar surface area (TPSA) is 79.2 Å². The Hall–Kier alpha value is -1.56. The number of amides is 2. The third-order valence-electron chi connectivity index (χ3n) is 3.28. The molecule has 0 aliphatic rings. The molecule has 0 aliphatic heterocycles. The lowest BCUT2D eigenvalue weighted by Crippen LogP contribution is -2.41. The van der Waals surface area contributed by atoms with E-state index < -0.39 is 6.10 Å². The summed E-state index contributed by atoms with van der Waals surface area (Å²) in [6, 6.07) is -0.270. The van der Waals surface area contributed by atoms with E-state index in [0.717, 1.165) is 18.4 Å². The van der Waals surface area contributed by atoms with Crippen molar-refractivity contribution in [2.75, 3.05) is 6.54 Å². The summed E-state index contributed by atoms with van der Waals surface area (Å²) in [7, 11) is 1.83. The molecule has 6 nitrogen and oxygen atoms in total. The van der Waals surface area contributed by atoms with Gasteiger partial charge in [0.05, 0.1) is 12.3 Å². The highest BCUT2D eigenvalue weighted by Gasteiger charge is 2.15. The maximum atomic E-state index is 11.6. The van der Waals surface area contributed by atoms with Crippen LogP contribution in [0.15, 0.2) is 12.4 Å². The quantitative estimate of drug-likeness (QED) is 0.690. The van der Waals surface area contributed by atoms with Gasteiger partial charge in [-0.2, -0.15) is 5.10 Å². The Labute approximate surface area is 114 Å². The van der Waals surface area contributed by atoms with Crippen molar-refractivity contribution in [3.05, 3.63) is 18.0 Å². The molecule has 19 heavy (non-hydrogen) atoms. The number of aryl methyl sites for hydroxylation is 1. The second kappa shape index (κ2) is 7.78. The fraction of sp³-hybridized carbons (Fsp3) is 0.692. The van der Waals surface area contributed by atoms with Gasteiger partial charge in [0.2, 0.25) is 0 Å². The molecule has 6 heteroatoms. The zero-order valence-electron chi connectivity index (χ0n) is 11.9. The molecule has 0 saturated heterocycles. The molecule has 0 saturated carbocycles. The van der Waals surface area contributed by atoms with E-state index in [0.29, 0.717) is 6.54 Å². The highest BCUT2D eigenvalue weighted by Crippen LogP contribution is 2.12. The lowest BCUT2D eigenvalue weighted by atomic mass is 9.97. The second-order valence-corrected chi connectivity index (χ2v) is 4.73. The van der Waals surface area contributed by atoms with Gasteiger partial charge in [-0.25, -0.2) is 4.79 Å². The fourth-order valence-corrected chi connectivity index (χ4v) is 2.00. The van der Waals surface area contributed by atoms with Gasteiger partial charge >= 0.3 is 6.03 Å². The summed E-state index contributed by atoms with van der Waals surface area (Å²) < 4.78 is 1.69. The lowest BCUT2D eigenvalue weighted by Gasteiger charge is -2.20. The van der Waals surface area contributed by atoms with E-state index in [1.54, 1.807) is 10.9 Å². The number of aromatic nitrogens is 2. The number of urea groups is 1. The van der Waals surface area contributed by atoms with Gasteiger partial charge in [-0.15, -0.1) is 0 Å². The number of nitrogens with one attached hydrogen (secondary N) is 2. The van der Waals surface area contributed by atoms with Crippen molar-refractivity contribution in [3.8, 4) is 0 Å². The van der Waals surface area contributed by atoms with E-state index >= 15 is 0 Å². The predicted octanol–water partition coefficient (Wildman–Crippen LogP) is 1.02. The number of carbonyl (C=O) groups is 1. The number of aliphatic hydroxyl groups is 1. The van der Waals surface area contributed by atoms with Crippen molar-refractivity contribution in [1.29, 1.82) is 0 Å². The molecule has 0 unspecified atom stereocenters. The van der Waals surface area contributed by atoms with Crippen molar-refractivity contribution in [2.45, 2.75) is 39.3 Å². The Bertz CT molecular complexity index is 388. The first-order valence-electron chi connectivity index (χ1n) is 6.74. The number of hydrogen-bond acceptors (Lipinski definition) is 3. The summed E-state index contributed by atoms with van der Waals surface area (Å²) in [6.07, 6.45) is 4.89. The molecule has 0 fully saturated rings. The summed E-state index contributed by atoms with van der Waals surface area (Å²) in [4.78, 5) is 11.6. The molecule has 1 aromatic rings. The van der Waals surface area contributed by atoms with Crippen LogP contribution in [0, 0.1) is 5.92 Å². The number of nitrogens with zero attached hydrogens (tertiary/aromatic N) is 2. The molecular formula is C13H24N4O2. The average molecular weight is 268 g/mol. The Kier molecular flexibility index (Phi) is 6.35. The summed E-state index contributed by atoms with van der Waals surface area (Å²) in [5.74, 6) is 0.235. The molecular weight excluding hydrogens is 244 g/mol. The van der Waals surface area contributed by atoms with E-state index in [2.05, 4.69) is 15.7 Å². The Morgan fingerprint density at radius 3 is 2.63 bits per heavy atom. The van der Waals surface area contributed by atoms with Crippen molar-refractivity contribution in [2.24, 2.45) is 13.0 Å². The third kappa shape index (κ3) is 5.30. The van der Waals surface area contributed by atoms with Crippen molar-refractivity contribution < 1.29 is 9.90 Å². The normalized spacial score (nSPS) is 12.5. The van der Waals surface area contributed by atoms with Gasteiger partial charge in [0.15, 0.2) is 0 Å². The molecule has 0 aromatic carbocycles. The first kappa shape index (κ1) is 15.5. The van der Waals surface area contributed by atoms with Crippen molar-refractivity contribution in [3.63, 3.8) is 0 Å². The minimum Gasteiger partial charge on any atom is -0.391 e. The summed E-state index contributed by atoms with van der Waals surface area (Å²) in [5.41, 5.74) is 0.943. The summed E-state index contributed by atoms with van der Waals surface area (Å²) in [5, 5.41) is 19.3. The third-order valence-corrected chi connectivity index (χ3v) is 3.28. The van der Waals surface area contributed by atoms with E-state index in [4.69, 9.17) is 0 Å². The standard InChI is InChI=1S/C13H24N4O2/c1-4-11(5-2)12(18)8-15-13(19)14-6-10-7-16-17(3)9-10/h7,9,11-12,18H,4-6,8H2,1-3H3,(H2,14,15,19)/t12-/m0/s1. The molecule has 1 rings (SSSR count). The molecule has 1 heterocycles. The maximum Gasteiger partial charge on any atom is 0.315 e. The largest absolute Gasteiger partial charge is 0.391 e. The van der Waals surface area contributed by atoms with E-state index in [9.17, 15) is 9.90 Å². The van der Waals surface area contributed by atoms with Crippen LogP contribution in [0.2, 0.25) is 0 Å². The van der Waals surface area contributed by atoms with Crippen LogP contribution < -0.4 is 10.6 Å². The van der Waals surface area contributed by atoms with Gasteiger partial charge < -0.3 is 15.7 Å². The van der Waals surface area contributed by atoms with Gasteiger partial charge in [-0.05, 0) is 5.92 Å². The van der Waals surface area contributed by atoms with Crippen molar-refractivity contribution in [1.82, 2.24) is 20.4 Å². The monoisotopic (exact) mass is 268 g/mol. The van der Waals surface area contributed by atoms with Gasteiger partial charge in [-0.1, -0.05) is 26.7 Å². The zero-order chi connectivity index (χ0) is 14.3. The Morgan fingerprint density at radius 1 is 1.42 bits per heavy atom. The first-order chi connectivity index (χ1) is 9.06. The SMILES string of the molecule is CCC(CC)[C@@H](O)CNC(=O)NCc1cnn(C)c1. The van der Waals surface area contributed by atoms with Crippen LogP contribution in [0.25, 0.3) is 0 Å². The van der Waals surface area contributed by atoms with Gasteiger partial charge in [0, 0.05) is 31.9 Å². The number of hydrogen-bond donors (Lipinski definition) is 3. The molecule has 0 bridgehead atoms. The molecule has 1 aromatic heterocycles. The smallest absolute Gasteiger partial charge is 0.315 e. The summed E-state index contributed by atoms with van der Waals surface area (Å²) >= 11 is 0. The molecule has 1 atom stereocenters. The van der Waals surface area contributed by atoms with Crippen LogP contribution >= 0.6 is 0 Å². The molecule has 0 radical (unpaired) electrons. The van der Waals surface area contributed by atoms with Crippen LogP contribution in [0.3, 0.4) is 0 Å². The van der Waals surface area contributed by atoms with Crippen LogP contribution in [0.5, 0.6) is 0 Å². The van der Waals surface area contributed by atoms with Crippen molar-refractivity contribution >= 4 is 6.03 Å². The highest BCUT2D eigenvalue weighted by atomic mass is 16.3. The van der Waals surface area contributed by atoms with E-state index in [-0.39, 0.29) is 18.5 Å². The van der Waals surface area contributed by atoms with Gasteiger partial charge in [0.25, 0.3) is 0 Å². The second-order valence-electron chi connectivity index (χ2n) is 4.73. The average Bonchev–Trinajstić information content (AvgIpc) is 2.81. The Balaban J connectivity index is 2.24. The van der Waals surface area contributed by atoms with Crippen LogP contribution in [0.1, 0.15) is 32.3 Å². The molecule has 2 amide bonds. The van der Waals surface area contributed by atoms with Gasteiger partial charge in [-0.3, -0.25) is 4.68 Å². The number of aliphatic hydroxyl groups excluding tert-OH is 1. The minimum absolute atomic E-state index is 0.235. The number of carbonyl (C=O) groups excluding carboxylic acids is 1. The van der Waals surface area contributed by atoms with Crippen LogP contribution in [-0.4, -0.2) is 33.6 Å². The summed E-state index contributed by atoms with van der Waals surface area (Å²) in [6.45, 7) is 4.80. The molecule has 3 N–H and O–H groups in total. The minimum atomic E-state index is -0.487. The van der Waals surface area contributed by atoms with Crippen LogP contribution in [-0.2, 0) is 13.6 Å². The number of rotatable bonds is 7. The molecule has 0 aliphatic carbocycles. The molecule has 0 spiro atoms. The predicted molar refractivity (Wildman–Crippen MR) is 73.5 cm³/mol. The van der Waals surface area contributed by atoms with E-state index in [1.807, 2.05) is 27.1 Å². The molecule has 108 valence electrons. The lowest BCUT2D eigenvalue weighted by molar-refractivity contribution is 0.103.